The van der Waals surface area contributed by atoms with Crippen molar-refractivity contribution in [1.82, 2.24) is 9.21 Å². The second kappa shape index (κ2) is 7.01. The molecule has 114 valence electrons. The van der Waals surface area contributed by atoms with Crippen molar-refractivity contribution in [1.29, 1.82) is 0 Å². The fourth-order valence-electron chi connectivity index (χ4n) is 1.84. The Morgan fingerprint density at radius 2 is 1.90 bits per heavy atom. The number of nitrogens with two attached hydrogens (primary N) is 1. The van der Waals surface area contributed by atoms with Crippen molar-refractivity contribution < 1.29 is 12.8 Å². The molecule has 2 N–H and O–H groups in total. The summed E-state index contributed by atoms with van der Waals surface area (Å²) in [5.41, 5.74) is 5.28. The smallest absolute Gasteiger partial charge is 0.243 e. The summed E-state index contributed by atoms with van der Waals surface area (Å²) < 4.78 is 39.4. The van der Waals surface area contributed by atoms with Crippen LogP contribution in [0.15, 0.2) is 23.1 Å². The van der Waals surface area contributed by atoms with Crippen LogP contribution in [0.4, 0.5) is 10.1 Å². The number of hydrogen-bond donors (Lipinski definition) is 1. The largest absolute Gasteiger partial charge is 0.396 e. The first-order valence-electron chi connectivity index (χ1n) is 6.49. The van der Waals surface area contributed by atoms with Crippen LogP contribution in [0.3, 0.4) is 0 Å². The van der Waals surface area contributed by atoms with Gasteiger partial charge in [0.1, 0.15) is 5.82 Å². The standard InChI is InChI=1S/C13H22FN3O2S/c1-4-17(9-5-8-16(2)3)20(18,19)11-6-7-12(14)13(15)10-11/h6-7,10H,4-5,8-9,15H2,1-3H3. The zero-order chi connectivity index (χ0) is 15.3. The van der Waals surface area contributed by atoms with E-state index in [0.717, 1.165) is 19.0 Å². The summed E-state index contributed by atoms with van der Waals surface area (Å²) in [6.07, 6.45) is 0.733. The zero-order valence-corrected chi connectivity index (χ0v) is 13.0. The Morgan fingerprint density at radius 3 is 2.40 bits per heavy atom. The Balaban J connectivity index is 2.91. The van der Waals surface area contributed by atoms with E-state index in [0.29, 0.717) is 13.1 Å². The summed E-state index contributed by atoms with van der Waals surface area (Å²) in [6.45, 7) is 3.37. The van der Waals surface area contributed by atoms with Crippen LogP contribution in [0.5, 0.6) is 0 Å². The van der Waals surface area contributed by atoms with E-state index in [9.17, 15) is 12.8 Å². The SMILES string of the molecule is CCN(CCCN(C)C)S(=O)(=O)c1ccc(F)c(N)c1. The number of anilines is 1. The molecule has 0 aliphatic rings. The maximum Gasteiger partial charge on any atom is 0.243 e. The number of halogens is 1. The summed E-state index contributed by atoms with van der Waals surface area (Å²) in [7, 11) is 0.252. The number of nitrogen functional groups attached to an aromatic ring is 1. The van der Waals surface area contributed by atoms with E-state index in [-0.39, 0.29) is 10.6 Å². The van der Waals surface area contributed by atoms with Crippen LogP contribution in [-0.4, -0.2) is 51.4 Å². The van der Waals surface area contributed by atoms with Crippen LogP contribution in [0, 0.1) is 5.82 Å². The Bertz CT molecular complexity index is 547. The molecule has 0 saturated carbocycles. The molecule has 1 rings (SSSR count). The maximum atomic E-state index is 13.1. The molecule has 1 aromatic rings. The fraction of sp³-hybridized carbons (Fsp3) is 0.538. The van der Waals surface area contributed by atoms with Crippen LogP contribution in [-0.2, 0) is 10.0 Å². The lowest BCUT2D eigenvalue weighted by atomic mass is 10.3. The van der Waals surface area contributed by atoms with Crippen LogP contribution in [0.1, 0.15) is 13.3 Å². The molecule has 0 aliphatic heterocycles. The van der Waals surface area contributed by atoms with E-state index < -0.39 is 15.8 Å². The molecule has 0 bridgehead atoms. The summed E-state index contributed by atoms with van der Waals surface area (Å²) in [5.74, 6) is -0.611. The first kappa shape index (κ1) is 16.9. The first-order valence-corrected chi connectivity index (χ1v) is 7.93. The topological polar surface area (TPSA) is 66.6 Å². The monoisotopic (exact) mass is 303 g/mol. The summed E-state index contributed by atoms with van der Waals surface area (Å²) in [4.78, 5) is 2.03. The molecule has 20 heavy (non-hydrogen) atoms. The van der Waals surface area contributed by atoms with Crippen molar-refractivity contribution in [3.8, 4) is 0 Å². The van der Waals surface area contributed by atoms with Crippen LogP contribution >= 0.6 is 0 Å². The third-order valence-corrected chi connectivity index (χ3v) is 4.94. The molecule has 0 fully saturated rings. The summed E-state index contributed by atoms with van der Waals surface area (Å²) in [6, 6.07) is 3.49. The van der Waals surface area contributed by atoms with Crippen molar-refractivity contribution in [2.75, 3.05) is 39.5 Å². The predicted octanol–water partition coefficient (Wildman–Crippen LogP) is 1.37. The average Bonchev–Trinajstić information content (AvgIpc) is 2.37. The second-order valence-corrected chi connectivity index (χ2v) is 6.77. The van der Waals surface area contributed by atoms with Gasteiger partial charge in [-0.2, -0.15) is 4.31 Å². The van der Waals surface area contributed by atoms with E-state index in [1.807, 2.05) is 19.0 Å². The number of benzene rings is 1. The van der Waals surface area contributed by atoms with Gasteiger partial charge in [-0.1, -0.05) is 6.92 Å². The minimum atomic E-state index is -3.62. The molecular weight excluding hydrogens is 281 g/mol. The lowest BCUT2D eigenvalue weighted by Gasteiger charge is -2.21. The molecule has 0 aliphatic carbocycles. The molecule has 0 spiro atoms. The molecule has 0 heterocycles. The Morgan fingerprint density at radius 1 is 1.25 bits per heavy atom. The van der Waals surface area contributed by atoms with E-state index in [1.165, 1.54) is 16.4 Å². The van der Waals surface area contributed by atoms with Gasteiger partial charge in [-0.25, -0.2) is 12.8 Å². The molecule has 5 nitrogen and oxygen atoms in total. The van der Waals surface area contributed by atoms with Crippen molar-refractivity contribution in [3.63, 3.8) is 0 Å². The van der Waals surface area contributed by atoms with Gasteiger partial charge < -0.3 is 10.6 Å². The van der Waals surface area contributed by atoms with Gasteiger partial charge in [0, 0.05) is 13.1 Å². The highest BCUT2D eigenvalue weighted by molar-refractivity contribution is 7.89. The third-order valence-electron chi connectivity index (χ3n) is 2.97. The van der Waals surface area contributed by atoms with Gasteiger partial charge in [-0.05, 0) is 45.3 Å². The lowest BCUT2D eigenvalue weighted by molar-refractivity contribution is 0.356. The van der Waals surface area contributed by atoms with Crippen molar-refractivity contribution in [2.24, 2.45) is 0 Å². The first-order chi connectivity index (χ1) is 9.28. The van der Waals surface area contributed by atoms with Gasteiger partial charge in [0.15, 0.2) is 0 Å². The van der Waals surface area contributed by atoms with Gasteiger partial charge in [0.25, 0.3) is 0 Å². The molecule has 0 saturated heterocycles. The minimum Gasteiger partial charge on any atom is -0.396 e. The van der Waals surface area contributed by atoms with Crippen LogP contribution in [0.2, 0.25) is 0 Å². The van der Waals surface area contributed by atoms with E-state index in [4.69, 9.17) is 5.73 Å². The highest BCUT2D eigenvalue weighted by atomic mass is 32.2. The van der Waals surface area contributed by atoms with E-state index >= 15 is 0 Å². The van der Waals surface area contributed by atoms with Crippen molar-refractivity contribution in [3.05, 3.63) is 24.0 Å². The minimum absolute atomic E-state index is 0.0307. The van der Waals surface area contributed by atoms with Crippen LogP contribution < -0.4 is 5.73 Å². The van der Waals surface area contributed by atoms with Gasteiger partial charge in [0.05, 0.1) is 10.6 Å². The molecule has 0 unspecified atom stereocenters. The molecule has 0 amide bonds. The summed E-state index contributed by atoms with van der Waals surface area (Å²) in [5, 5.41) is 0. The normalized spacial score (nSPS) is 12.3. The quantitative estimate of drug-likeness (QED) is 0.773. The van der Waals surface area contributed by atoms with E-state index in [1.54, 1.807) is 6.92 Å². The number of hydrogen-bond acceptors (Lipinski definition) is 4. The fourth-order valence-corrected chi connectivity index (χ4v) is 3.37. The molecule has 1 aromatic carbocycles. The molecule has 7 heteroatoms. The Hall–Kier alpha value is -1.18. The Kier molecular flexibility index (Phi) is 5.91. The molecular formula is C13H22FN3O2S. The van der Waals surface area contributed by atoms with Gasteiger partial charge in [-0.15, -0.1) is 0 Å². The molecule has 0 radical (unpaired) electrons. The number of rotatable bonds is 7. The van der Waals surface area contributed by atoms with Gasteiger partial charge in [0.2, 0.25) is 10.0 Å². The second-order valence-electron chi connectivity index (χ2n) is 4.84. The summed E-state index contributed by atoms with van der Waals surface area (Å²) >= 11 is 0. The predicted molar refractivity (Wildman–Crippen MR) is 78.4 cm³/mol. The maximum absolute atomic E-state index is 13.1. The zero-order valence-electron chi connectivity index (χ0n) is 12.1. The van der Waals surface area contributed by atoms with E-state index in [2.05, 4.69) is 0 Å². The lowest BCUT2D eigenvalue weighted by Crippen LogP contribution is -2.33. The molecule has 0 atom stereocenters. The molecule has 0 aromatic heterocycles. The number of nitrogens with zero attached hydrogens (tertiary/aromatic N) is 2. The Labute approximate surface area is 120 Å². The van der Waals surface area contributed by atoms with Crippen molar-refractivity contribution >= 4 is 15.7 Å². The number of sulfonamides is 1. The highest BCUT2D eigenvalue weighted by Gasteiger charge is 2.23. The van der Waals surface area contributed by atoms with Gasteiger partial charge in [-0.3, -0.25) is 0 Å². The average molecular weight is 303 g/mol. The van der Waals surface area contributed by atoms with Gasteiger partial charge >= 0.3 is 0 Å². The van der Waals surface area contributed by atoms with Crippen molar-refractivity contribution in [2.45, 2.75) is 18.2 Å². The highest BCUT2D eigenvalue weighted by Crippen LogP contribution is 2.20. The third kappa shape index (κ3) is 4.16. The van der Waals surface area contributed by atoms with Crippen LogP contribution in [0.25, 0.3) is 0 Å².